The Morgan fingerprint density at radius 1 is 1.26 bits per heavy atom. The van der Waals surface area contributed by atoms with Crippen LogP contribution in [0.5, 0.6) is 0 Å². The van der Waals surface area contributed by atoms with Gasteiger partial charge in [-0.15, -0.1) is 0 Å². The van der Waals surface area contributed by atoms with Crippen molar-refractivity contribution in [3.63, 3.8) is 0 Å². The second kappa shape index (κ2) is 4.65. The molecule has 0 fully saturated rings. The maximum absolute atomic E-state index is 12.6. The van der Waals surface area contributed by atoms with E-state index in [2.05, 4.69) is 5.32 Å². The zero-order valence-corrected chi connectivity index (χ0v) is 10.0. The monoisotopic (exact) mass is 272 g/mol. The van der Waals surface area contributed by atoms with E-state index in [0.717, 1.165) is 18.2 Å². The first-order valence-electron chi connectivity index (χ1n) is 5.58. The summed E-state index contributed by atoms with van der Waals surface area (Å²) in [5, 5.41) is 2.81. The van der Waals surface area contributed by atoms with E-state index in [9.17, 15) is 22.8 Å². The summed E-state index contributed by atoms with van der Waals surface area (Å²) in [5.41, 5.74) is -0.878. The Morgan fingerprint density at radius 3 is 2.53 bits per heavy atom. The number of hydrogen-bond acceptors (Lipinski definition) is 3. The number of likely N-dealkylation sites (N-methyl/N-ethyl adjacent to an activating group) is 1. The lowest BCUT2D eigenvalue weighted by molar-refractivity contribution is -0.137. The lowest BCUT2D eigenvalue weighted by Crippen LogP contribution is -2.35. The highest BCUT2D eigenvalue weighted by atomic mass is 19.4. The number of nitrogens with zero attached hydrogens (tertiary/aromatic N) is 1. The van der Waals surface area contributed by atoms with Gasteiger partial charge in [0.1, 0.15) is 0 Å². The summed E-state index contributed by atoms with van der Waals surface area (Å²) < 4.78 is 37.7. The van der Waals surface area contributed by atoms with Crippen molar-refractivity contribution in [1.29, 1.82) is 0 Å². The number of anilines is 1. The summed E-state index contributed by atoms with van der Waals surface area (Å²) in [6, 6.07) is 2.77. The standard InChI is InChI=1S/C12H11F3N2O2/c1-16-4-5-17-9-3-2-7(12(13,14)15)6-8(9)10(18)11(17)19/h2-3,6,16H,4-5H2,1H3. The van der Waals surface area contributed by atoms with Gasteiger partial charge in [0.15, 0.2) is 0 Å². The third-order valence-corrected chi connectivity index (χ3v) is 2.88. The van der Waals surface area contributed by atoms with Crippen molar-refractivity contribution in [2.45, 2.75) is 6.18 Å². The van der Waals surface area contributed by atoms with Crippen LogP contribution in [0.25, 0.3) is 0 Å². The molecule has 0 unspecified atom stereocenters. The van der Waals surface area contributed by atoms with Gasteiger partial charge in [0, 0.05) is 13.1 Å². The van der Waals surface area contributed by atoms with Crippen molar-refractivity contribution >= 4 is 17.4 Å². The molecule has 19 heavy (non-hydrogen) atoms. The number of alkyl halides is 3. The molecule has 0 bridgehead atoms. The van der Waals surface area contributed by atoms with Crippen LogP contribution in [-0.4, -0.2) is 31.8 Å². The molecule has 0 saturated heterocycles. The minimum absolute atomic E-state index is 0.184. The van der Waals surface area contributed by atoms with E-state index < -0.39 is 23.4 Å². The van der Waals surface area contributed by atoms with E-state index in [0.29, 0.717) is 6.54 Å². The molecule has 0 atom stereocenters. The SMILES string of the molecule is CNCCN1C(=O)C(=O)c2cc(C(F)(F)F)ccc21. The van der Waals surface area contributed by atoms with Gasteiger partial charge in [-0.25, -0.2) is 0 Å². The number of carbonyl (C=O) groups excluding carboxylic acids is 2. The van der Waals surface area contributed by atoms with Crippen LogP contribution in [0.4, 0.5) is 18.9 Å². The first kappa shape index (κ1) is 13.5. The van der Waals surface area contributed by atoms with Crippen LogP contribution in [0.3, 0.4) is 0 Å². The number of fused-ring (bicyclic) bond motifs is 1. The molecule has 102 valence electrons. The highest BCUT2D eigenvalue weighted by Crippen LogP contribution is 2.35. The van der Waals surface area contributed by atoms with Crippen molar-refractivity contribution in [3.8, 4) is 0 Å². The first-order chi connectivity index (χ1) is 8.86. The highest BCUT2D eigenvalue weighted by Gasteiger charge is 2.38. The number of carbonyl (C=O) groups is 2. The van der Waals surface area contributed by atoms with Crippen LogP contribution in [0, 0.1) is 0 Å². The van der Waals surface area contributed by atoms with Gasteiger partial charge in [0.05, 0.1) is 16.8 Å². The molecule has 7 heteroatoms. The normalized spacial score (nSPS) is 15.1. The van der Waals surface area contributed by atoms with Crippen LogP contribution < -0.4 is 10.2 Å². The Labute approximate surface area is 107 Å². The van der Waals surface area contributed by atoms with Gasteiger partial charge in [-0.2, -0.15) is 13.2 Å². The van der Waals surface area contributed by atoms with Crippen molar-refractivity contribution in [2.24, 2.45) is 0 Å². The van der Waals surface area contributed by atoms with E-state index in [1.165, 1.54) is 4.90 Å². The van der Waals surface area contributed by atoms with Crippen molar-refractivity contribution in [1.82, 2.24) is 5.32 Å². The average molecular weight is 272 g/mol. The fourth-order valence-electron chi connectivity index (χ4n) is 1.92. The van der Waals surface area contributed by atoms with Crippen molar-refractivity contribution in [3.05, 3.63) is 29.3 Å². The Balaban J connectivity index is 2.41. The van der Waals surface area contributed by atoms with E-state index >= 15 is 0 Å². The molecule has 0 spiro atoms. The Morgan fingerprint density at radius 2 is 1.95 bits per heavy atom. The van der Waals surface area contributed by atoms with Gasteiger partial charge < -0.3 is 10.2 Å². The minimum atomic E-state index is -4.53. The molecule has 1 N–H and O–H groups in total. The molecule has 1 aromatic rings. The smallest absolute Gasteiger partial charge is 0.318 e. The third kappa shape index (κ3) is 2.33. The second-order valence-electron chi connectivity index (χ2n) is 4.12. The van der Waals surface area contributed by atoms with Gasteiger partial charge in [-0.3, -0.25) is 9.59 Å². The summed E-state index contributed by atoms with van der Waals surface area (Å²) in [5.74, 6) is -1.68. The fraction of sp³-hybridized carbons (Fsp3) is 0.333. The van der Waals surface area contributed by atoms with E-state index in [4.69, 9.17) is 0 Å². The van der Waals surface area contributed by atoms with Gasteiger partial charge in [-0.1, -0.05) is 0 Å². The zero-order valence-electron chi connectivity index (χ0n) is 10.0. The predicted octanol–water partition coefficient (Wildman–Crippen LogP) is 1.45. The van der Waals surface area contributed by atoms with Gasteiger partial charge in [-0.05, 0) is 25.2 Å². The van der Waals surface area contributed by atoms with Gasteiger partial charge >= 0.3 is 6.18 Å². The molecule has 0 radical (unpaired) electrons. The summed E-state index contributed by atoms with van der Waals surface area (Å²) in [6.07, 6.45) is -4.53. The number of halogens is 3. The molecule has 1 aliphatic heterocycles. The molecule has 0 aromatic heterocycles. The quantitative estimate of drug-likeness (QED) is 0.847. The summed E-state index contributed by atoms with van der Waals surface area (Å²) in [7, 11) is 1.68. The molecular weight excluding hydrogens is 261 g/mol. The van der Waals surface area contributed by atoms with Crippen molar-refractivity contribution < 1.29 is 22.8 Å². The molecule has 1 aliphatic rings. The van der Waals surface area contributed by atoms with Gasteiger partial charge in [0.25, 0.3) is 11.7 Å². The molecule has 2 rings (SSSR count). The summed E-state index contributed by atoms with van der Waals surface area (Å²) in [6.45, 7) is 0.679. The molecule has 0 saturated carbocycles. The van der Waals surface area contributed by atoms with Crippen LogP contribution in [0.1, 0.15) is 15.9 Å². The first-order valence-corrected chi connectivity index (χ1v) is 5.58. The predicted molar refractivity (Wildman–Crippen MR) is 62.1 cm³/mol. The summed E-state index contributed by atoms with van der Waals surface area (Å²) in [4.78, 5) is 24.6. The molecule has 4 nitrogen and oxygen atoms in total. The van der Waals surface area contributed by atoms with Crippen LogP contribution in [-0.2, 0) is 11.0 Å². The maximum atomic E-state index is 12.6. The Hall–Kier alpha value is -1.89. The molecule has 1 heterocycles. The number of nitrogens with one attached hydrogen (secondary N) is 1. The highest BCUT2D eigenvalue weighted by molar-refractivity contribution is 6.52. The molecule has 0 aliphatic carbocycles. The second-order valence-corrected chi connectivity index (χ2v) is 4.12. The number of ketones is 1. The maximum Gasteiger partial charge on any atom is 0.416 e. The van der Waals surface area contributed by atoms with Crippen LogP contribution in [0.2, 0.25) is 0 Å². The van der Waals surface area contributed by atoms with Crippen LogP contribution in [0.15, 0.2) is 18.2 Å². The molecule has 1 aromatic carbocycles. The Bertz CT molecular complexity index is 540. The van der Waals surface area contributed by atoms with Crippen molar-refractivity contribution in [2.75, 3.05) is 25.0 Å². The fourth-order valence-corrected chi connectivity index (χ4v) is 1.92. The largest absolute Gasteiger partial charge is 0.416 e. The van der Waals surface area contributed by atoms with E-state index in [1.807, 2.05) is 0 Å². The van der Waals surface area contributed by atoms with E-state index in [-0.39, 0.29) is 17.8 Å². The van der Waals surface area contributed by atoms with E-state index in [1.54, 1.807) is 7.05 Å². The number of Topliss-reactive ketones (excluding diaryl/α,β-unsaturated/α-hetero) is 1. The Kier molecular flexibility index (Phi) is 3.32. The zero-order chi connectivity index (χ0) is 14.2. The number of hydrogen-bond donors (Lipinski definition) is 1. The topological polar surface area (TPSA) is 49.4 Å². The lowest BCUT2D eigenvalue weighted by atomic mass is 10.1. The summed E-state index contributed by atoms with van der Waals surface area (Å²) >= 11 is 0. The molecule has 1 amide bonds. The number of benzene rings is 1. The number of amides is 1. The molecular formula is C12H11F3N2O2. The third-order valence-electron chi connectivity index (χ3n) is 2.88. The van der Waals surface area contributed by atoms with Gasteiger partial charge in [0.2, 0.25) is 0 Å². The average Bonchev–Trinajstić information content (AvgIpc) is 2.59. The lowest BCUT2D eigenvalue weighted by Gasteiger charge is -2.16. The van der Waals surface area contributed by atoms with Crippen LogP contribution >= 0.6 is 0 Å². The minimum Gasteiger partial charge on any atom is -0.318 e. The number of rotatable bonds is 3.